The zero-order valence-electron chi connectivity index (χ0n) is 19.7. The number of amidine groups is 1. The van der Waals surface area contributed by atoms with Crippen molar-refractivity contribution in [3.05, 3.63) is 83.4 Å². The van der Waals surface area contributed by atoms with Gasteiger partial charge in [0, 0.05) is 31.9 Å². The van der Waals surface area contributed by atoms with Crippen molar-refractivity contribution < 1.29 is 22.7 Å². The number of aliphatic imine (C=N–C) groups is 1. The van der Waals surface area contributed by atoms with Crippen LogP contribution in [0.5, 0.6) is 11.5 Å². The van der Waals surface area contributed by atoms with Gasteiger partial charge < -0.3 is 19.9 Å². The van der Waals surface area contributed by atoms with Gasteiger partial charge in [0.2, 0.25) is 0 Å². The van der Waals surface area contributed by atoms with E-state index in [1.165, 1.54) is 6.07 Å². The minimum absolute atomic E-state index is 0.0567. The first-order chi connectivity index (χ1) is 17.3. The second kappa shape index (κ2) is 9.56. The molecule has 0 aromatic heterocycles. The number of carbonyl (C=O) groups is 1. The van der Waals surface area contributed by atoms with Crippen LogP contribution in [-0.2, 0) is 6.18 Å². The van der Waals surface area contributed by atoms with Gasteiger partial charge in [0.05, 0.1) is 11.1 Å². The maximum absolute atomic E-state index is 13.3. The van der Waals surface area contributed by atoms with Crippen LogP contribution in [-0.4, -0.2) is 47.8 Å². The summed E-state index contributed by atoms with van der Waals surface area (Å²) in [6, 6.07) is 18.0. The maximum atomic E-state index is 13.3. The van der Waals surface area contributed by atoms with Crippen molar-refractivity contribution in [1.29, 1.82) is 0 Å². The van der Waals surface area contributed by atoms with Gasteiger partial charge in [-0.2, -0.15) is 13.2 Å². The zero-order chi connectivity index (χ0) is 25.3. The number of nitrogens with one attached hydrogen (secondary N) is 1. The van der Waals surface area contributed by atoms with Gasteiger partial charge in [-0.3, -0.25) is 0 Å². The number of para-hydroxylation sites is 1. The molecule has 0 unspecified atom stereocenters. The van der Waals surface area contributed by atoms with Crippen LogP contribution in [0, 0.1) is 6.92 Å². The maximum Gasteiger partial charge on any atom is 0.416 e. The highest BCUT2D eigenvalue weighted by Crippen LogP contribution is 2.41. The van der Waals surface area contributed by atoms with Crippen molar-refractivity contribution in [2.24, 2.45) is 4.99 Å². The molecular weight excluding hydrogens is 469 g/mol. The van der Waals surface area contributed by atoms with Crippen molar-refractivity contribution in [2.75, 3.05) is 31.5 Å². The molecule has 2 aliphatic rings. The summed E-state index contributed by atoms with van der Waals surface area (Å²) >= 11 is 0. The van der Waals surface area contributed by atoms with E-state index >= 15 is 0 Å². The number of hydrogen-bond acceptors (Lipinski definition) is 4. The molecule has 0 saturated carbocycles. The number of alkyl halides is 3. The Balaban J connectivity index is 1.39. The summed E-state index contributed by atoms with van der Waals surface area (Å²) in [6.07, 6.45) is -3.77. The molecule has 1 saturated heterocycles. The van der Waals surface area contributed by atoms with Gasteiger partial charge in [-0.1, -0.05) is 29.8 Å². The summed E-state index contributed by atoms with van der Waals surface area (Å²) < 4.78 is 45.8. The molecule has 3 aromatic carbocycles. The largest absolute Gasteiger partial charge is 0.454 e. The van der Waals surface area contributed by atoms with Gasteiger partial charge in [-0.05, 0) is 55.8 Å². The second-order valence-electron chi connectivity index (χ2n) is 8.84. The molecule has 5 rings (SSSR count). The number of nitrogens with zero attached hydrogens (tertiary/aromatic N) is 3. The van der Waals surface area contributed by atoms with Crippen LogP contribution in [0.25, 0.3) is 0 Å². The molecule has 2 amide bonds. The first-order valence-electron chi connectivity index (χ1n) is 11.7. The van der Waals surface area contributed by atoms with Crippen LogP contribution in [0.3, 0.4) is 0 Å². The normalized spacial score (nSPS) is 15.6. The Morgan fingerprint density at radius 2 is 1.72 bits per heavy atom. The number of urea groups is 1. The summed E-state index contributed by atoms with van der Waals surface area (Å²) in [7, 11) is 0. The third-order valence-electron chi connectivity index (χ3n) is 6.25. The molecule has 36 heavy (non-hydrogen) atoms. The molecule has 9 heteroatoms. The van der Waals surface area contributed by atoms with E-state index in [-0.39, 0.29) is 11.8 Å². The van der Waals surface area contributed by atoms with E-state index < -0.39 is 11.7 Å². The Labute approximate surface area is 207 Å². The lowest BCUT2D eigenvalue weighted by Crippen LogP contribution is -2.39. The van der Waals surface area contributed by atoms with Crippen molar-refractivity contribution in [2.45, 2.75) is 19.5 Å². The van der Waals surface area contributed by atoms with E-state index in [0.29, 0.717) is 55.4 Å². The predicted octanol–water partition coefficient (Wildman–Crippen LogP) is 6.44. The van der Waals surface area contributed by atoms with Crippen molar-refractivity contribution in [3.63, 3.8) is 0 Å². The fraction of sp³-hybridized carbons (Fsp3) is 0.259. The summed E-state index contributed by atoms with van der Waals surface area (Å²) in [5, 5.41) is 2.94. The molecular formula is C27H25F3N4O2. The Bertz CT molecular complexity index is 1310. The van der Waals surface area contributed by atoms with Crippen molar-refractivity contribution in [1.82, 2.24) is 9.80 Å². The highest BCUT2D eigenvalue weighted by atomic mass is 19.4. The fourth-order valence-corrected chi connectivity index (χ4v) is 4.31. The number of rotatable bonds is 1. The average Bonchev–Trinajstić information content (AvgIpc) is 3.19. The highest BCUT2D eigenvalue weighted by molar-refractivity contribution is 6.03. The average molecular weight is 495 g/mol. The van der Waals surface area contributed by atoms with Crippen molar-refractivity contribution in [3.8, 4) is 11.5 Å². The number of fused-ring (bicyclic) bond motifs is 2. The smallest absolute Gasteiger partial charge is 0.416 e. The van der Waals surface area contributed by atoms with E-state index in [4.69, 9.17) is 9.73 Å². The van der Waals surface area contributed by atoms with Gasteiger partial charge in [0.15, 0.2) is 5.75 Å². The van der Waals surface area contributed by atoms with Gasteiger partial charge in [-0.15, -0.1) is 0 Å². The Morgan fingerprint density at radius 1 is 0.944 bits per heavy atom. The Kier molecular flexibility index (Phi) is 6.30. The molecule has 2 heterocycles. The minimum Gasteiger partial charge on any atom is -0.454 e. The molecule has 0 atom stereocenters. The van der Waals surface area contributed by atoms with Gasteiger partial charge in [0.25, 0.3) is 0 Å². The summed E-state index contributed by atoms with van der Waals surface area (Å²) in [6.45, 7) is 4.19. The lowest BCUT2D eigenvalue weighted by molar-refractivity contribution is -0.137. The van der Waals surface area contributed by atoms with E-state index in [0.717, 1.165) is 23.4 Å². The number of amides is 2. The highest BCUT2D eigenvalue weighted by Gasteiger charge is 2.32. The number of benzene rings is 3. The van der Waals surface area contributed by atoms with Crippen LogP contribution in [0.4, 0.5) is 29.3 Å². The van der Waals surface area contributed by atoms with Crippen LogP contribution in [0.15, 0.2) is 71.7 Å². The SMILES string of the molecule is Cc1ccc(NC(=O)N2CCCN(C3=Nc4ccc(C(F)(F)F)cc4Oc4ccccc43)CC2)cc1. The Hall–Kier alpha value is -4.01. The molecule has 0 spiro atoms. The van der Waals surface area contributed by atoms with E-state index in [1.54, 1.807) is 17.0 Å². The van der Waals surface area contributed by atoms with Crippen LogP contribution < -0.4 is 10.1 Å². The monoisotopic (exact) mass is 494 g/mol. The molecule has 186 valence electrons. The number of ether oxygens (including phenoxy) is 1. The second-order valence-corrected chi connectivity index (χ2v) is 8.84. The number of aryl methyl sites for hydroxylation is 1. The minimum atomic E-state index is -4.48. The van der Waals surface area contributed by atoms with Gasteiger partial charge >= 0.3 is 12.2 Å². The van der Waals surface area contributed by atoms with Crippen LogP contribution in [0.2, 0.25) is 0 Å². The first kappa shape index (κ1) is 23.7. The number of anilines is 1. The first-order valence-corrected chi connectivity index (χ1v) is 11.7. The molecule has 2 aliphatic heterocycles. The van der Waals surface area contributed by atoms with Gasteiger partial charge in [-0.25, -0.2) is 9.79 Å². The fourth-order valence-electron chi connectivity index (χ4n) is 4.31. The Morgan fingerprint density at radius 3 is 2.50 bits per heavy atom. The summed E-state index contributed by atoms with van der Waals surface area (Å²) in [5.74, 6) is 1.11. The molecule has 0 radical (unpaired) electrons. The quantitative estimate of drug-likeness (QED) is 0.424. The zero-order valence-corrected chi connectivity index (χ0v) is 19.7. The molecule has 3 aromatic rings. The number of carbonyl (C=O) groups excluding carboxylic acids is 1. The van der Waals surface area contributed by atoms with E-state index in [1.807, 2.05) is 43.3 Å². The topological polar surface area (TPSA) is 57.2 Å². The third kappa shape index (κ3) is 5.00. The molecule has 0 aliphatic carbocycles. The summed E-state index contributed by atoms with van der Waals surface area (Å²) in [4.78, 5) is 21.4. The number of halogens is 3. The van der Waals surface area contributed by atoms with Gasteiger partial charge in [0.1, 0.15) is 17.3 Å². The summed E-state index contributed by atoms with van der Waals surface area (Å²) in [5.41, 5.74) is 2.08. The van der Waals surface area contributed by atoms with Crippen molar-refractivity contribution >= 4 is 23.2 Å². The lowest BCUT2D eigenvalue weighted by Gasteiger charge is -2.25. The number of hydrogen-bond donors (Lipinski definition) is 1. The molecule has 0 bridgehead atoms. The molecule has 6 nitrogen and oxygen atoms in total. The lowest BCUT2D eigenvalue weighted by atomic mass is 10.1. The van der Waals surface area contributed by atoms with Crippen LogP contribution >= 0.6 is 0 Å². The third-order valence-corrected chi connectivity index (χ3v) is 6.25. The van der Waals surface area contributed by atoms with Crippen LogP contribution in [0.1, 0.15) is 23.1 Å². The molecule has 1 N–H and O–H groups in total. The molecule has 1 fully saturated rings. The van der Waals surface area contributed by atoms with E-state index in [9.17, 15) is 18.0 Å². The standard InChI is InChI=1S/C27H25F3N4O2/c1-18-7-10-20(11-8-18)31-26(35)34-14-4-13-33(15-16-34)25-21-5-2-3-6-23(21)36-24-17-19(27(28,29)30)9-12-22(24)32-25/h2-3,5-12,17H,4,13-16H2,1H3,(H,31,35). The predicted molar refractivity (Wildman–Crippen MR) is 132 cm³/mol. The van der Waals surface area contributed by atoms with E-state index in [2.05, 4.69) is 10.2 Å².